The molecule has 4 nitrogen and oxygen atoms in total. The number of benzene rings is 3. The first-order valence-electron chi connectivity index (χ1n) is 11.6. The van der Waals surface area contributed by atoms with E-state index >= 15 is 0 Å². The van der Waals surface area contributed by atoms with Gasteiger partial charge in [-0.15, -0.1) is 0 Å². The molecule has 1 amide bonds. The Morgan fingerprint density at radius 3 is 2.36 bits per heavy atom. The second kappa shape index (κ2) is 11.5. The zero-order valence-electron chi connectivity index (χ0n) is 19.1. The van der Waals surface area contributed by atoms with Crippen LogP contribution in [-0.2, 0) is 16.1 Å². The van der Waals surface area contributed by atoms with E-state index in [2.05, 4.69) is 54.7 Å². The van der Waals surface area contributed by atoms with Crippen molar-refractivity contribution in [3.63, 3.8) is 0 Å². The molecule has 0 spiro atoms. The Morgan fingerprint density at radius 2 is 1.64 bits per heavy atom. The van der Waals surface area contributed by atoms with Crippen LogP contribution in [0.5, 0.6) is 0 Å². The molecule has 0 radical (unpaired) electrons. The Morgan fingerprint density at radius 1 is 0.939 bits per heavy atom. The molecule has 4 rings (SSSR count). The first kappa shape index (κ1) is 22.8. The highest BCUT2D eigenvalue weighted by Gasteiger charge is 2.27. The molecule has 0 aliphatic heterocycles. The Kier molecular flexibility index (Phi) is 7.94. The number of rotatable bonds is 8. The van der Waals surface area contributed by atoms with Crippen LogP contribution in [0.1, 0.15) is 41.5 Å². The molecule has 33 heavy (non-hydrogen) atoms. The maximum atomic E-state index is 12.2. The van der Waals surface area contributed by atoms with Crippen LogP contribution in [0, 0.1) is 6.92 Å². The van der Waals surface area contributed by atoms with E-state index in [1.165, 1.54) is 11.1 Å². The molecule has 1 unspecified atom stereocenters. The van der Waals surface area contributed by atoms with Gasteiger partial charge in [-0.05, 0) is 54.5 Å². The summed E-state index contributed by atoms with van der Waals surface area (Å²) < 4.78 is 11.7. The second-order valence-electron chi connectivity index (χ2n) is 8.60. The molecule has 0 saturated heterocycles. The molecule has 1 N–H and O–H groups in total. The highest BCUT2D eigenvalue weighted by molar-refractivity contribution is 5.82. The van der Waals surface area contributed by atoms with Crippen LogP contribution in [0.15, 0.2) is 84.9 Å². The number of ether oxygens (including phenoxy) is 2. The molecule has 0 bridgehead atoms. The Labute approximate surface area is 196 Å². The van der Waals surface area contributed by atoms with E-state index in [9.17, 15) is 4.79 Å². The van der Waals surface area contributed by atoms with E-state index in [1.54, 1.807) is 0 Å². The van der Waals surface area contributed by atoms with Gasteiger partial charge >= 0.3 is 6.09 Å². The summed E-state index contributed by atoms with van der Waals surface area (Å²) in [5, 5.41) is 2.99. The largest absolute Gasteiger partial charge is 0.445 e. The molecule has 3 aromatic rings. The molecule has 2 atom stereocenters. The molecular weight excluding hydrogens is 410 g/mol. The standard InChI is InChI=1S/C29H31NO3/c1-22-12-14-25(15-13-22)26(18-23-8-4-2-5-9-23)21-32-28-17-16-27(19-28)30-29(31)33-20-24-10-6-3-7-11-24/h2-15,18,27-28H,16-17,19-21H2,1H3,(H,30,31)/b26-18-/t27?,28-/m0/s1. The molecule has 1 fully saturated rings. The molecular formula is C29H31NO3. The van der Waals surface area contributed by atoms with Gasteiger partial charge in [0.2, 0.25) is 0 Å². The second-order valence-corrected chi connectivity index (χ2v) is 8.60. The SMILES string of the molecule is Cc1ccc(/C(=C\c2ccccc2)CO[C@H]2CCC(NC(=O)OCc3ccccc3)C2)cc1. The lowest BCUT2D eigenvalue weighted by Crippen LogP contribution is -2.33. The number of carbonyl (C=O) groups excluding carboxylic acids is 1. The van der Waals surface area contributed by atoms with Crippen molar-refractivity contribution >= 4 is 17.7 Å². The summed E-state index contributed by atoms with van der Waals surface area (Å²) in [5.74, 6) is 0. The highest BCUT2D eigenvalue weighted by Crippen LogP contribution is 2.26. The van der Waals surface area contributed by atoms with E-state index in [0.29, 0.717) is 6.61 Å². The van der Waals surface area contributed by atoms with Crippen molar-refractivity contribution in [3.8, 4) is 0 Å². The molecule has 170 valence electrons. The van der Waals surface area contributed by atoms with Gasteiger partial charge in [0.15, 0.2) is 0 Å². The predicted octanol–water partition coefficient (Wildman–Crippen LogP) is 6.40. The first-order valence-corrected chi connectivity index (χ1v) is 11.6. The summed E-state index contributed by atoms with van der Waals surface area (Å²) in [5.41, 5.74) is 5.70. The smallest absolute Gasteiger partial charge is 0.407 e. The van der Waals surface area contributed by atoms with Crippen molar-refractivity contribution in [2.75, 3.05) is 6.61 Å². The summed E-state index contributed by atoms with van der Waals surface area (Å²) in [4.78, 5) is 12.2. The van der Waals surface area contributed by atoms with Crippen LogP contribution in [0.3, 0.4) is 0 Å². The molecule has 1 saturated carbocycles. The third kappa shape index (κ3) is 7.06. The van der Waals surface area contributed by atoms with E-state index in [1.807, 2.05) is 48.5 Å². The Balaban J connectivity index is 1.30. The van der Waals surface area contributed by atoms with Gasteiger partial charge in [-0.2, -0.15) is 0 Å². The first-order chi connectivity index (χ1) is 16.2. The Hall–Kier alpha value is -3.37. The van der Waals surface area contributed by atoms with Gasteiger partial charge in [0.25, 0.3) is 0 Å². The van der Waals surface area contributed by atoms with Gasteiger partial charge in [0, 0.05) is 6.04 Å². The normalized spacial score (nSPS) is 18.2. The van der Waals surface area contributed by atoms with Crippen LogP contribution in [0.25, 0.3) is 11.6 Å². The topological polar surface area (TPSA) is 47.6 Å². The number of nitrogens with one attached hydrogen (secondary N) is 1. The lowest BCUT2D eigenvalue weighted by molar-refractivity contribution is 0.0814. The van der Waals surface area contributed by atoms with E-state index in [0.717, 1.165) is 36.0 Å². The monoisotopic (exact) mass is 441 g/mol. The Bertz CT molecular complexity index is 1050. The lowest BCUT2D eigenvalue weighted by Gasteiger charge is -2.16. The molecule has 1 aliphatic carbocycles. The van der Waals surface area contributed by atoms with Gasteiger partial charge < -0.3 is 14.8 Å². The number of alkyl carbamates (subject to hydrolysis) is 1. The van der Waals surface area contributed by atoms with Gasteiger partial charge in [0.1, 0.15) is 6.61 Å². The van der Waals surface area contributed by atoms with E-state index in [-0.39, 0.29) is 24.8 Å². The molecule has 0 heterocycles. The zero-order valence-corrected chi connectivity index (χ0v) is 19.1. The van der Waals surface area contributed by atoms with Crippen molar-refractivity contribution in [1.82, 2.24) is 5.32 Å². The van der Waals surface area contributed by atoms with Gasteiger partial charge in [-0.1, -0.05) is 90.5 Å². The number of carbonyl (C=O) groups is 1. The highest BCUT2D eigenvalue weighted by atomic mass is 16.5. The summed E-state index contributed by atoms with van der Waals surface area (Å²) in [6.45, 7) is 2.91. The van der Waals surface area contributed by atoms with Crippen LogP contribution in [0.2, 0.25) is 0 Å². The zero-order chi connectivity index (χ0) is 22.9. The predicted molar refractivity (Wildman–Crippen MR) is 133 cm³/mol. The van der Waals surface area contributed by atoms with E-state index < -0.39 is 0 Å². The fourth-order valence-corrected chi connectivity index (χ4v) is 4.09. The summed E-state index contributed by atoms with van der Waals surface area (Å²) in [6, 6.07) is 28.7. The van der Waals surface area contributed by atoms with Crippen molar-refractivity contribution in [3.05, 3.63) is 107 Å². The molecule has 1 aliphatic rings. The number of amides is 1. The third-order valence-corrected chi connectivity index (χ3v) is 5.96. The minimum absolute atomic E-state index is 0.0826. The van der Waals surface area contributed by atoms with Crippen LogP contribution < -0.4 is 5.32 Å². The van der Waals surface area contributed by atoms with Gasteiger partial charge in [0.05, 0.1) is 12.7 Å². The van der Waals surface area contributed by atoms with Crippen LogP contribution in [0.4, 0.5) is 4.79 Å². The van der Waals surface area contributed by atoms with Gasteiger partial charge in [-0.25, -0.2) is 4.79 Å². The van der Waals surface area contributed by atoms with Crippen molar-refractivity contribution < 1.29 is 14.3 Å². The van der Waals surface area contributed by atoms with Crippen molar-refractivity contribution in [1.29, 1.82) is 0 Å². The van der Waals surface area contributed by atoms with E-state index in [4.69, 9.17) is 9.47 Å². The van der Waals surface area contributed by atoms with Gasteiger partial charge in [-0.3, -0.25) is 0 Å². The van der Waals surface area contributed by atoms with Crippen LogP contribution >= 0.6 is 0 Å². The quantitative estimate of drug-likeness (QED) is 0.412. The minimum atomic E-state index is -0.367. The summed E-state index contributed by atoms with van der Waals surface area (Å²) in [6.07, 6.45) is 4.56. The average molecular weight is 442 g/mol. The summed E-state index contributed by atoms with van der Waals surface area (Å²) in [7, 11) is 0. The fourth-order valence-electron chi connectivity index (χ4n) is 4.09. The van der Waals surface area contributed by atoms with Crippen molar-refractivity contribution in [2.45, 2.75) is 44.9 Å². The third-order valence-electron chi connectivity index (χ3n) is 5.96. The maximum Gasteiger partial charge on any atom is 0.407 e. The molecule has 4 heteroatoms. The fraction of sp³-hybridized carbons (Fsp3) is 0.276. The van der Waals surface area contributed by atoms with Crippen molar-refractivity contribution in [2.24, 2.45) is 0 Å². The van der Waals surface area contributed by atoms with Crippen LogP contribution in [-0.4, -0.2) is 24.8 Å². The number of hydrogen-bond acceptors (Lipinski definition) is 3. The summed E-state index contributed by atoms with van der Waals surface area (Å²) >= 11 is 0. The molecule has 0 aromatic heterocycles. The number of hydrogen-bond donors (Lipinski definition) is 1. The minimum Gasteiger partial charge on any atom is -0.445 e. The maximum absolute atomic E-state index is 12.2. The lowest BCUT2D eigenvalue weighted by atomic mass is 10.0. The molecule has 3 aromatic carbocycles. The average Bonchev–Trinajstić information content (AvgIpc) is 3.29. The number of aryl methyl sites for hydroxylation is 1.